The lowest BCUT2D eigenvalue weighted by Crippen LogP contribution is -2.08. The maximum atomic E-state index is 8.86. The lowest BCUT2D eigenvalue weighted by molar-refractivity contribution is 0.298. The minimum absolute atomic E-state index is 0.247. The summed E-state index contributed by atoms with van der Waals surface area (Å²) in [5, 5.41) is 12.7. The Kier molecular flexibility index (Phi) is 5.68. The Balaban J connectivity index is 1.67. The number of rotatable bonds is 6. The van der Waals surface area contributed by atoms with Gasteiger partial charge in [-0.2, -0.15) is 0 Å². The van der Waals surface area contributed by atoms with Crippen LogP contribution in [0.4, 0.5) is 0 Å². The second kappa shape index (κ2) is 8.71. The van der Waals surface area contributed by atoms with Crippen molar-refractivity contribution in [2.45, 2.75) is 13.0 Å². The third kappa shape index (κ3) is 4.52. The predicted molar refractivity (Wildman–Crippen MR) is 114 cm³/mol. The summed E-state index contributed by atoms with van der Waals surface area (Å²) >= 11 is 6.01. The molecule has 3 aromatic carbocycles. The Bertz CT molecular complexity index is 1160. The van der Waals surface area contributed by atoms with Gasteiger partial charge in [-0.15, -0.1) is 0 Å². The molecule has 0 unspecified atom stereocenters. The van der Waals surface area contributed by atoms with E-state index in [1.54, 1.807) is 0 Å². The van der Waals surface area contributed by atoms with Crippen LogP contribution in [0.15, 0.2) is 78.0 Å². The van der Waals surface area contributed by atoms with Gasteiger partial charge in [0.05, 0.1) is 22.9 Å². The van der Waals surface area contributed by atoms with E-state index >= 15 is 0 Å². The summed E-state index contributed by atoms with van der Waals surface area (Å²) in [5.74, 6) is 0.609. The van der Waals surface area contributed by atoms with Gasteiger partial charge in [0.25, 0.3) is 0 Å². The molecule has 1 aromatic heterocycles. The van der Waals surface area contributed by atoms with Gasteiger partial charge in [-0.3, -0.25) is 0 Å². The van der Waals surface area contributed by atoms with Crippen LogP contribution in [0.25, 0.3) is 11.0 Å². The molecule has 0 radical (unpaired) electrons. The highest BCUT2D eigenvalue weighted by molar-refractivity contribution is 6.30. The summed E-state index contributed by atoms with van der Waals surface area (Å²) < 4.78 is 6.00. The molecule has 5 nitrogen and oxygen atoms in total. The molecule has 0 saturated carbocycles. The number of oxime groups is 1. The zero-order valence-corrected chi connectivity index (χ0v) is 16.3. The van der Waals surface area contributed by atoms with Gasteiger partial charge in [0.2, 0.25) is 0 Å². The number of nitrogens with zero attached hydrogens (tertiary/aromatic N) is 3. The van der Waals surface area contributed by atoms with Gasteiger partial charge in [-0.25, -0.2) is 9.97 Å². The predicted octanol–water partition coefficient (Wildman–Crippen LogP) is 5.26. The normalized spacial score (nSPS) is 11.2. The fraction of sp³-hybridized carbons (Fsp3) is 0.0870. The molecule has 0 amide bonds. The van der Waals surface area contributed by atoms with E-state index in [0.717, 1.165) is 28.0 Å². The highest BCUT2D eigenvalue weighted by Crippen LogP contribution is 2.21. The van der Waals surface area contributed by atoms with E-state index < -0.39 is 0 Å². The molecule has 0 saturated heterocycles. The largest absolute Gasteiger partial charge is 0.487 e. The van der Waals surface area contributed by atoms with E-state index in [0.29, 0.717) is 22.8 Å². The number of benzene rings is 3. The Hall–Kier alpha value is -3.44. The van der Waals surface area contributed by atoms with Crippen LogP contribution in [0.2, 0.25) is 5.02 Å². The molecule has 4 rings (SSSR count). The summed E-state index contributed by atoms with van der Waals surface area (Å²) in [4.78, 5) is 9.61. The van der Waals surface area contributed by atoms with Crippen molar-refractivity contribution in [1.82, 2.24) is 9.97 Å². The lowest BCUT2D eigenvalue weighted by Gasteiger charge is -2.13. The van der Waals surface area contributed by atoms with Crippen LogP contribution in [-0.4, -0.2) is 21.4 Å². The van der Waals surface area contributed by atoms with Crippen molar-refractivity contribution in [1.29, 1.82) is 0 Å². The van der Waals surface area contributed by atoms with Crippen LogP contribution in [-0.2, 0) is 13.0 Å². The van der Waals surface area contributed by atoms with Crippen molar-refractivity contribution in [3.8, 4) is 5.75 Å². The van der Waals surface area contributed by atoms with Gasteiger partial charge in [-0.1, -0.05) is 53.2 Å². The van der Waals surface area contributed by atoms with Gasteiger partial charge < -0.3 is 9.94 Å². The first-order chi connectivity index (χ1) is 14.2. The molecular formula is C23H18ClN3O2. The summed E-state index contributed by atoms with van der Waals surface area (Å²) in [6.07, 6.45) is 1.96. The van der Waals surface area contributed by atoms with Gasteiger partial charge in [0.15, 0.2) is 0 Å². The molecule has 4 aromatic rings. The second-order valence-electron chi connectivity index (χ2n) is 6.48. The van der Waals surface area contributed by atoms with Crippen molar-refractivity contribution in [2.24, 2.45) is 5.16 Å². The number of hydrogen-bond donors (Lipinski definition) is 1. The summed E-state index contributed by atoms with van der Waals surface area (Å²) in [6.45, 7) is 0.247. The van der Waals surface area contributed by atoms with Crippen LogP contribution < -0.4 is 4.74 Å². The first-order valence-corrected chi connectivity index (χ1v) is 9.49. The van der Waals surface area contributed by atoms with Crippen LogP contribution in [0.3, 0.4) is 0 Å². The van der Waals surface area contributed by atoms with Gasteiger partial charge in [-0.05, 0) is 42.0 Å². The average Bonchev–Trinajstić information content (AvgIpc) is 2.75. The lowest BCUT2D eigenvalue weighted by atomic mass is 10.1. The summed E-state index contributed by atoms with van der Waals surface area (Å²) in [6, 6.07) is 22.8. The zero-order valence-electron chi connectivity index (χ0n) is 15.5. The topological polar surface area (TPSA) is 67.6 Å². The van der Waals surface area contributed by atoms with E-state index in [1.165, 1.54) is 6.21 Å². The molecule has 1 N–H and O–H groups in total. The van der Waals surface area contributed by atoms with Crippen molar-refractivity contribution in [2.75, 3.05) is 0 Å². The van der Waals surface area contributed by atoms with Crippen molar-refractivity contribution in [3.63, 3.8) is 0 Å². The molecule has 0 aliphatic carbocycles. The highest BCUT2D eigenvalue weighted by atomic mass is 35.5. The standard InChI is InChI=1S/C23H18ClN3O2/c24-18-11-9-16(10-12-18)13-21-22(27-20-7-3-2-6-19(20)26-21)15-29-23-8-4-1-5-17(23)14-25-28/h1-12,14,28H,13,15H2. The molecule has 0 spiro atoms. The monoisotopic (exact) mass is 403 g/mol. The zero-order chi connectivity index (χ0) is 20.1. The van der Waals surface area contributed by atoms with Crippen molar-refractivity contribution >= 4 is 28.8 Å². The SMILES string of the molecule is ON=Cc1ccccc1OCc1nc2ccccc2nc1Cc1ccc(Cl)cc1. The van der Waals surface area contributed by atoms with Gasteiger partial charge >= 0.3 is 0 Å². The number of fused-ring (bicyclic) bond motifs is 1. The number of aromatic nitrogens is 2. The maximum absolute atomic E-state index is 8.86. The molecule has 0 aliphatic rings. The van der Waals surface area contributed by atoms with E-state index in [9.17, 15) is 0 Å². The minimum atomic E-state index is 0.247. The van der Waals surface area contributed by atoms with E-state index in [1.807, 2.05) is 72.8 Å². The van der Waals surface area contributed by atoms with Crippen LogP contribution >= 0.6 is 11.6 Å². The molecule has 1 heterocycles. The molecule has 0 atom stereocenters. The summed E-state index contributed by atoms with van der Waals surface area (Å²) in [5.41, 5.74) is 5.04. The van der Waals surface area contributed by atoms with Gasteiger partial charge in [0, 0.05) is 17.0 Å². The van der Waals surface area contributed by atoms with Crippen LogP contribution in [0, 0.1) is 0 Å². The van der Waals surface area contributed by atoms with Gasteiger partial charge in [0.1, 0.15) is 18.1 Å². The number of halogens is 1. The molecule has 144 valence electrons. The van der Waals surface area contributed by atoms with E-state index in [-0.39, 0.29) is 6.61 Å². The maximum Gasteiger partial charge on any atom is 0.132 e. The number of para-hydroxylation sites is 3. The minimum Gasteiger partial charge on any atom is -0.487 e. The number of hydrogen-bond acceptors (Lipinski definition) is 5. The Labute approximate surface area is 173 Å². The van der Waals surface area contributed by atoms with E-state index in [2.05, 4.69) is 5.16 Å². The Morgan fingerprint density at radius 2 is 1.52 bits per heavy atom. The fourth-order valence-electron chi connectivity index (χ4n) is 3.05. The second-order valence-corrected chi connectivity index (χ2v) is 6.92. The summed E-state index contributed by atoms with van der Waals surface area (Å²) in [7, 11) is 0. The molecular weight excluding hydrogens is 386 g/mol. The third-order valence-electron chi connectivity index (χ3n) is 4.49. The highest BCUT2D eigenvalue weighted by Gasteiger charge is 2.12. The third-order valence-corrected chi connectivity index (χ3v) is 4.74. The van der Waals surface area contributed by atoms with Crippen LogP contribution in [0.5, 0.6) is 5.75 Å². The van der Waals surface area contributed by atoms with Crippen molar-refractivity contribution in [3.05, 3.63) is 100 Å². The number of ether oxygens (including phenoxy) is 1. The fourth-order valence-corrected chi connectivity index (χ4v) is 3.18. The van der Waals surface area contributed by atoms with Crippen molar-refractivity contribution < 1.29 is 9.94 Å². The smallest absolute Gasteiger partial charge is 0.132 e. The first-order valence-electron chi connectivity index (χ1n) is 9.11. The Morgan fingerprint density at radius 1 is 0.862 bits per heavy atom. The van der Waals surface area contributed by atoms with E-state index in [4.69, 9.17) is 31.5 Å². The Morgan fingerprint density at radius 3 is 2.24 bits per heavy atom. The molecule has 29 heavy (non-hydrogen) atoms. The quantitative estimate of drug-likeness (QED) is 0.271. The first kappa shape index (κ1) is 18.9. The molecule has 0 bridgehead atoms. The van der Waals surface area contributed by atoms with Crippen LogP contribution in [0.1, 0.15) is 22.5 Å². The molecule has 0 aliphatic heterocycles. The molecule has 6 heteroatoms. The average molecular weight is 404 g/mol. The molecule has 0 fully saturated rings.